The maximum atomic E-state index is 5.64. The molecule has 1 aromatic heterocycles. The van der Waals surface area contributed by atoms with Crippen LogP contribution in [0, 0.1) is 0 Å². The third kappa shape index (κ3) is 2.70. The van der Waals surface area contributed by atoms with Gasteiger partial charge in [0.25, 0.3) is 0 Å². The number of nitrogens with two attached hydrogens (primary N) is 1. The second-order valence-electron chi connectivity index (χ2n) is 3.13. The highest BCUT2D eigenvalue weighted by atomic mass is 32.2. The molecule has 2 aromatic rings. The third-order valence-corrected chi connectivity index (χ3v) is 3.93. The highest BCUT2D eigenvalue weighted by Crippen LogP contribution is 2.35. The smallest absolute Gasteiger partial charge is 0.170 e. The summed E-state index contributed by atoms with van der Waals surface area (Å²) in [7, 11) is 0. The number of anilines is 1. The summed E-state index contributed by atoms with van der Waals surface area (Å²) in [6.45, 7) is 2.15. The maximum Gasteiger partial charge on any atom is 0.170 e. The van der Waals surface area contributed by atoms with Crippen LogP contribution in [0.15, 0.2) is 34.9 Å². The van der Waals surface area contributed by atoms with Gasteiger partial charge in [-0.05, 0) is 36.2 Å². The van der Waals surface area contributed by atoms with Crippen LogP contribution in [-0.2, 0) is 0 Å². The summed E-state index contributed by atoms with van der Waals surface area (Å²) in [4.78, 5) is 4.14. The highest BCUT2D eigenvalue weighted by Gasteiger charge is 2.08. The van der Waals surface area contributed by atoms with Crippen molar-refractivity contribution in [1.82, 2.24) is 9.36 Å². The first-order valence-electron chi connectivity index (χ1n) is 4.54. The molecule has 2 N–H and O–H groups in total. The fourth-order valence-electron chi connectivity index (χ4n) is 1.20. The fourth-order valence-corrected chi connectivity index (χ4v) is 2.92. The Morgan fingerprint density at radius 3 is 2.67 bits per heavy atom. The molecule has 0 aliphatic rings. The Kier molecular flexibility index (Phi) is 3.23. The second kappa shape index (κ2) is 4.63. The van der Waals surface area contributed by atoms with Gasteiger partial charge in [0.05, 0.1) is 0 Å². The molecule has 0 spiro atoms. The van der Waals surface area contributed by atoms with Gasteiger partial charge < -0.3 is 5.73 Å². The predicted molar refractivity (Wildman–Crippen MR) is 65.0 cm³/mol. The second-order valence-corrected chi connectivity index (χ2v) is 5.50. The van der Waals surface area contributed by atoms with Crippen LogP contribution < -0.4 is 5.73 Å². The zero-order valence-electron chi connectivity index (χ0n) is 8.25. The summed E-state index contributed by atoms with van der Waals surface area (Å²) in [5.74, 6) is 0. The first-order chi connectivity index (χ1) is 7.25. The van der Waals surface area contributed by atoms with Crippen molar-refractivity contribution in [3.05, 3.63) is 36.2 Å². The molecule has 78 valence electrons. The minimum Gasteiger partial charge on any atom is -0.399 e. The SMILES string of the molecule is CC(Sc1ncns1)c1ccc(N)cc1. The molecule has 2 rings (SSSR count). The van der Waals surface area contributed by atoms with Crippen LogP contribution in [-0.4, -0.2) is 9.36 Å². The van der Waals surface area contributed by atoms with E-state index in [1.807, 2.05) is 24.3 Å². The van der Waals surface area contributed by atoms with Crippen molar-refractivity contribution in [3.63, 3.8) is 0 Å². The number of thioether (sulfide) groups is 1. The molecule has 1 aromatic carbocycles. The topological polar surface area (TPSA) is 51.8 Å². The van der Waals surface area contributed by atoms with Crippen molar-refractivity contribution in [3.8, 4) is 0 Å². The van der Waals surface area contributed by atoms with Crippen LogP contribution in [0.5, 0.6) is 0 Å². The zero-order valence-corrected chi connectivity index (χ0v) is 9.89. The van der Waals surface area contributed by atoms with E-state index < -0.39 is 0 Å². The monoisotopic (exact) mass is 237 g/mol. The molecular weight excluding hydrogens is 226 g/mol. The zero-order chi connectivity index (χ0) is 10.7. The van der Waals surface area contributed by atoms with E-state index in [1.54, 1.807) is 18.1 Å². The summed E-state index contributed by atoms with van der Waals surface area (Å²) < 4.78 is 4.97. The Hall–Kier alpha value is -1.07. The van der Waals surface area contributed by atoms with E-state index in [9.17, 15) is 0 Å². The van der Waals surface area contributed by atoms with E-state index in [-0.39, 0.29) is 0 Å². The number of nitrogen functional groups attached to an aromatic ring is 1. The summed E-state index contributed by atoms with van der Waals surface area (Å²) >= 11 is 3.14. The number of rotatable bonds is 3. The minimum absolute atomic E-state index is 0.374. The predicted octanol–water partition coefficient (Wildman–Crippen LogP) is 2.97. The number of aromatic nitrogens is 2. The van der Waals surface area contributed by atoms with Crippen LogP contribution in [0.1, 0.15) is 17.7 Å². The lowest BCUT2D eigenvalue weighted by molar-refractivity contribution is 1.09. The van der Waals surface area contributed by atoms with Crippen LogP contribution in [0.3, 0.4) is 0 Å². The molecule has 1 unspecified atom stereocenters. The fraction of sp³-hybridized carbons (Fsp3) is 0.200. The molecule has 0 fully saturated rings. The van der Waals surface area contributed by atoms with Crippen molar-refractivity contribution >= 4 is 29.0 Å². The molecule has 0 bridgehead atoms. The largest absolute Gasteiger partial charge is 0.399 e. The van der Waals surface area contributed by atoms with Gasteiger partial charge >= 0.3 is 0 Å². The van der Waals surface area contributed by atoms with Crippen molar-refractivity contribution in [1.29, 1.82) is 0 Å². The number of hydrogen-bond acceptors (Lipinski definition) is 5. The molecule has 15 heavy (non-hydrogen) atoms. The van der Waals surface area contributed by atoms with E-state index in [0.29, 0.717) is 5.25 Å². The quantitative estimate of drug-likeness (QED) is 0.658. The Bertz CT molecular complexity index is 411. The van der Waals surface area contributed by atoms with Gasteiger partial charge in [-0.1, -0.05) is 23.9 Å². The van der Waals surface area contributed by atoms with E-state index in [0.717, 1.165) is 10.0 Å². The lowest BCUT2D eigenvalue weighted by Crippen LogP contribution is -1.89. The van der Waals surface area contributed by atoms with Gasteiger partial charge in [-0.2, -0.15) is 4.37 Å². The van der Waals surface area contributed by atoms with E-state index in [4.69, 9.17) is 5.73 Å². The van der Waals surface area contributed by atoms with Gasteiger partial charge in [-0.15, -0.1) is 0 Å². The normalized spacial score (nSPS) is 12.6. The first kappa shape index (κ1) is 10.4. The van der Waals surface area contributed by atoms with Gasteiger partial charge in [0.2, 0.25) is 0 Å². The number of benzene rings is 1. The van der Waals surface area contributed by atoms with Gasteiger partial charge in [0.15, 0.2) is 4.34 Å². The van der Waals surface area contributed by atoms with Crippen LogP contribution in [0.4, 0.5) is 5.69 Å². The Morgan fingerprint density at radius 1 is 1.33 bits per heavy atom. The Balaban J connectivity index is 2.08. The number of hydrogen-bond donors (Lipinski definition) is 1. The average molecular weight is 237 g/mol. The molecule has 5 heteroatoms. The van der Waals surface area contributed by atoms with Crippen molar-refractivity contribution < 1.29 is 0 Å². The Morgan fingerprint density at radius 2 is 2.07 bits per heavy atom. The maximum absolute atomic E-state index is 5.64. The summed E-state index contributed by atoms with van der Waals surface area (Å²) in [6, 6.07) is 7.95. The standard InChI is InChI=1S/C10H11N3S2/c1-7(14-10-12-6-13-15-10)8-2-4-9(11)5-3-8/h2-7H,11H2,1H3. The number of nitrogens with zero attached hydrogens (tertiary/aromatic N) is 2. The lowest BCUT2D eigenvalue weighted by Gasteiger charge is -2.09. The molecule has 1 heterocycles. The van der Waals surface area contributed by atoms with Crippen molar-refractivity contribution in [2.24, 2.45) is 0 Å². The molecule has 1 atom stereocenters. The molecule has 0 amide bonds. The summed E-state index contributed by atoms with van der Waals surface area (Å²) in [6.07, 6.45) is 1.59. The molecule has 3 nitrogen and oxygen atoms in total. The Labute approximate surface area is 96.9 Å². The minimum atomic E-state index is 0.374. The van der Waals surface area contributed by atoms with Crippen molar-refractivity contribution in [2.45, 2.75) is 16.5 Å². The molecule has 0 aliphatic heterocycles. The van der Waals surface area contributed by atoms with Gasteiger partial charge in [0.1, 0.15) is 6.33 Å². The highest BCUT2D eigenvalue weighted by molar-refractivity contribution is 8.01. The van der Waals surface area contributed by atoms with Gasteiger partial charge in [0, 0.05) is 10.9 Å². The van der Waals surface area contributed by atoms with Crippen LogP contribution in [0.2, 0.25) is 0 Å². The molecule has 0 aliphatic carbocycles. The van der Waals surface area contributed by atoms with Crippen molar-refractivity contribution in [2.75, 3.05) is 5.73 Å². The molecule has 0 saturated heterocycles. The molecule has 0 saturated carbocycles. The van der Waals surface area contributed by atoms with Gasteiger partial charge in [-0.25, -0.2) is 4.98 Å². The van der Waals surface area contributed by atoms with Gasteiger partial charge in [-0.3, -0.25) is 0 Å². The first-order valence-corrected chi connectivity index (χ1v) is 6.20. The summed E-state index contributed by atoms with van der Waals surface area (Å²) in [5.41, 5.74) is 7.69. The van der Waals surface area contributed by atoms with E-state index in [1.165, 1.54) is 17.1 Å². The average Bonchev–Trinajstić information content (AvgIpc) is 2.71. The molecular formula is C10H11N3S2. The molecule has 0 radical (unpaired) electrons. The van der Waals surface area contributed by atoms with E-state index in [2.05, 4.69) is 16.3 Å². The third-order valence-electron chi connectivity index (χ3n) is 2.02. The lowest BCUT2D eigenvalue weighted by atomic mass is 10.1. The summed E-state index contributed by atoms with van der Waals surface area (Å²) in [5, 5.41) is 0.374. The van der Waals surface area contributed by atoms with Crippen LogP contribution >= 0.6 is 23.3 Å². The van der Waals surface area contributed by atoms with Crippen LogP contribution in [0.25, 0.3) is 0 Å². The van der Waals surface area contributed by atoms with E-state index >= 15 is 0 Å².